The third kappa shape index (κ3) is 5.62. The van der Waals surface area contributed by atoms with Gasteiger partial charge in [-0.15, -0.1) is 0 Å². The molecule has 3 N–H and O–H groups in total. The van der Waals surface area contributed by atoms with Gasteiger partial charge in [0.15, 0.2) is 11.7 Å². The minimum absolute atomic E-state index is 0.233. The van der Waals surface area contributed by atoms with Crippen LogP contribution in [0, 0.1) is 0 Å². The zero-order valence-corrected chi connectivity index (χ0v) is 14.3. The van der Waals surface area contributed by atoms with Crippen LogP contribution in [-0.2, 0) is 6.42 Å². The van der Waals surface area contributed by atoms with E-state index in [0.29, 0.717) is 31.4 Å². The summed E-state index contributed by atoms with van der Waals surface area (Å²) in [5.41, 5.74) is 1.09. The number of rotatable bonds is 7. The molecule has 2 aromatic rings. The summed E-state index contributed by atoms with van der Waals surface area (Å²) in [6.45, 7) is 1.73. The van der Waals surface area contributed by atoms with Gasteiger partial charge >= 0.3 is 0 Å². The molecule has 2 rings (SSSR count). The molecule has 0 fully saturated rings. The summed E-state index contributed by atoms with van der Waals surface area (Å²) in [5.74, 6) is 0.745. The van der Waals surface area contributed by atoms with Crippen LogP contribution in [0.25, 0.3) is 0 Å². The molecule has 1 aromatic heterocycles. The predicted molar refractivity (Wildman–Crippen MR) is 95.6 cm³/mol. The Morgan fingerprint density at radius 2 is 1.83 bits per heavy atom. The van der Waals surface area contributed by atoms with Crippen molar-refractivity contribution >= 4 is 23.5 Å². The normalized spacial score (nSPS) is 11.2. The maximum atomic E-state index is 11.7. The quantitative estimate of drug-likeness (QED) is 0.406. The first kappa shape index (κ1) is 17.9. The Kier molecular flexibility index (Phi) is 7.17. The van der Waals surface area contributed by atoms with E-state index in [1.165, 1.54) is 6.26 Å². The number of halogens is 1. The standard InChI is InChI=1S/C17H21ClN4O2/c1-19-17(21-9-8-13-5-2-3-6-14(13)18)22-11-10-20-16(23)15-7-4-12-24-15/h2-7,12H,8-11H2,1H3,(H,20,23)(H2,19,21,22). The zero-order chi connectivity index (χ0) is 17.2. The summed E-state index contributed by atoms with van der Waals surface area (Å²) in [4.78, 5) is 15.8. The van der Waals surface area contributed by atoms with E-state index in [-0.39, 0.29) is 5.91 Å². The number of nitrogens with one attached hydrogen (secondary N) is 3. The van der Waals surface area contributed by atoms with Crippen LogP contribution in [0.2, 0.25) is 5.02 Å². The topological polar surface area (TPSA) is 78.7 Å². The first-order valence-electron chi connectivity index (χ1n) is 7.70. The predicted octanol–water partition coefficient (Wildman–Crippen LogP) is 2.07. The minimum Gasteiger partial charge on any atom is -0.459 e. The molecule has 0 saturated carbocycles. The molecule has 0 aliphatic carbocycles. The largest absolute Gasteiger partial charge is 0.459 e. The molecule has 0 aliphatic rings. The number of aliphatic imine (C=N–C) groups is 1. The smallest absolute Gasteiger partial charge is 0.287 e. The summed E-state index contributed by atoms with van der Waals surface area (Å²) < 4.78 is 5.02. The molecule has 24 heavy (non-hydrogen) atoms. The van der Waals surface area contributed by atoms with E-state index in [1.54, 1.807) is 19.2 Å². The van der Waals surface area contributed by atoms with Gasteiger partial charge in [0.25, 0.3) is 5.91 Å². The summed E-state index contributed by atoms with van der Waals surface area (Å²) in [6.07, 6.45) is 2.27. The molecule has 6 nitrogen and oxygen atoms in total. The lowest BCUT2D eigenvalue weighted by molar-refractivity contribution is 0.0926. The van der Waals surface area contributed by atoms with Crippen LogP contribution in [-0.4, -0.2) is 38.5 Å². The summed E-state index contributed by atoms with van der Waals surface area (Å²) in [5, 5.41) is 9.87. The first-order valence-corrected chi connectivity index (χ1v) is 8.08. The molecule has 0 bridgehead atoms. The van der Waals surface area contributed by atoms with Gasteiger partial charge in [0, 0.05) is 31.7 Å². The maximum Gasteiger partial charge on any atom is 0.287 e. The molecular weight excluding hydrogens is 328 g/mol. The molecular formula is C17H21ClN4O2. The Balaban J connectivity index is 1.64. The van der Waals surface area contributed by atoms with Crippen molar-refractivity contribution in [3.05, 3.63) is 59.0 Å². The number of hydrogen-bond acceptors (Lipinski definition) is 3. The van der Waals surface area contributed by atoms with Gasteiger partial charge in [-0.05, 0) is 30.2 Å². The van der Waals surface area contributed by atoms with Crippen LogP contribution in [0.5, 0.6) is 0 Å². The van der Waals surface area contributed by atoms with Crippen molar-refractivity contribution in [1.29, 1.82) is 0 Å². The third-order valence-electron chi connectivity index (χ3n) is 3.32. The number of furan rings is 1. The van der Waals surface area contributed by atoms with Crippen LogP contribution in [0.15, 0.2) is 52.1 Å². The van der Waals surface area contributed by atoms with Crippen molar-refractivity contribution in [3.8, 4) is 0 Å². The van der Waals surface area contributed by atoms with Gasteiger partial charge in [0.2, 0.25) is 0 Å². The Labute approximate surface area is 146 Å². The molecule has 0 atom stereocenters. The van der Waals surface area contributed by atoms with Gasteiger partial charge in [-0.25, -0.2) is 0 Å². The van der Waals surface area contributed by atoms with Gasteiger partial charge in [0.05, 0.1) is 6.26 Å². The van der Waals surface area contributed by atoms with Crippen LogP contribution in [0.3, 0.4) is 0 Å². The number of nitrogens with zero attached hydrogens (tertiary/aromatic N) is 1. The Morgan fingerprint density at radius 1 is 1.08 bits per heavy atom. The fourth-order valence-corrected chi connectivity index (χ4v) is 2.32. The molecule has 1 heterocycles. The maximum absolute atomic E-state index is 11.7. The molecule has 128 valence electrons. The second kappa shape index (κ2) is 9.62. The van der Waals surface area contributed by atoms with Crippen LogP contribution < -0.4 is 16.0 Å². The summed E-state index contributed by atoms with van der Waals surface area (Å²) >= 11 is 6.13. The third-order valence-corrected chi connectivity index (χ3v) is 3.68. The van der Waals surface area contributed by atoms with Gasteiger partial charge < -0.3 is 20.4 Å². The average molecular weight is 349 g/mol. The van der Waals surface area contributed by atoms with E-state index >= 15 is 0 Å². The van der Waals surface area contributed by atoms with Crippen molar-refractivity contribution < 1.29 is 9.21 Å². The SMILES string of the molecule is CN=C(NCCNC(=O)c1ccco1)NCCc1ccccc1Cl. The number of guanidine groups is 1. The zero-order valence-electron chi connectivity index (χ0n) is 13.5. The highest BCUT2D eigenvalue weighted by Gasteiger charge is 2.07. The van der Waals surface area contributed by atoms with Crippen LogP contribution >= 0.6 is 11.6 Å². The molecule has 7 heteroatoms. The molecule has 0 saturated heterocycles. The van der Waals surface area contributed by atoms with E-state index in [0.717, 1.165) is 17.0 Å². The molecule has 0 aliphatic heterocycles. The van der Waals surface area contributed by atoms with Crippen molar-refractivity contribution in [3.63, 3.8) is 0 Å². The van der Waals surface area contributed by atoms with Gasteiger partial charge in [-0.1, -0.05) is 29.8 Å². The molecule has 1 aromatic carbocycles. The van der Waals surface area contributed by atoms with E-state index in [2.05, 4.69) is 20.9 Å². The fourth-order valence-electron chi connectivity index (χ4n) is 2.09. The number of carbonyl (C=O) groups excluding carboxylic acids is 1. The minimum atomic E-state index is -0.233. The lowest BCUT2D eigenvalue weighted by atomic mass is 10.1. The lowest BCUT2D eigenvalue weighted by Gasteiger charge is -2.12. The Morgan fingerprint density at radius 3 is 2.54 bits per heavy atom. The van der Waals surface area contributed by atoms with Crippen molar-refractivity contribution in [2.24, 2.45) is 4.99 Å². The lowest BCUT2D eigenvalue weighted by Crippen LogP contribution is -2.42. The second-order valence-electron chi connectivity index (χ2n) is 5.00. The van der Waals surface area contributed by atoms with Crippen molar-refractivity contribution in [1.82, 2.24) is 16.0 Å². The summed E-state index contributed by atoms with van der Waals surface area (Å²) in [6, 6.07) is 11.1. The van der Waals surface area contributed by atoms with E-state index in [9.17, 15) is 4.79 Å². The van der Waals surface area contributed by atoms with Crippen LogP contribution in [0.4, 0.5) is 0 Å². The van der Waals surface area contributed by atoms with E-state index in [4.69, 9.17) is 16.0 Å². The number of hydrogen-bond donors (Lipinski definition) is 3. The van der Waals surface area contributed by atoms with E-state index < -0.39 is 0 Å². The average Bonchev–Trinajstić information content (AvgIpc) is 3.13. The van der Waals surface area contributed by atoms with Crippen molar-refractivity contribution in [2.75, 3.05) is 26.7 Å². The number of carbonyl (C=O) groups is 1. The highest BCUT2D eigenvalue weighted by atomic mass is 35.5. The van der Waals surface area contributed by atoms with Gasteiger partial charge in [-0.2, -0.15) is 0 Å². The monoisotopic (exact) mass is 348 g/mol. The molecule has 0 unspecified atom stereocenters. The second-order valence-corrected chi connectivity index (χ2v) is 5.41. The first-order chi connectivity index (χ1) is 11.7. The highest BCUT2D eigenvalue weighted by Crippen LogP contribution is 2.14. The van der Waals surface area contributed by atoms with E-state index in [1.807, 2.05) is 24.3 Å². The molecule has 0 radical (unpaired) electrons. The van der Waals surface area contributed by atoms with Gasteiger partial charge in [0.1, 0.15) is 0 Å². The number of benzene rings is 1. The highest BCUT2D eigenvalue weighted by molar-refractivity contribution is 6.31. The Bertz CT molecular complexity index is 671. The molecule has 1 amide bonds. The summed E-state index contributed by atoms with van der Waals surface area (Å²) in [7, 11) is 1.70. The molecule has 0 spiro atoms. The Hall–Kier alpha value is -2.47. The fraction of sp³-hybridized carbons (Fsp3) is 0.294. The van der Waals surface area contributed by atoms with Crippen molar-refractivity contribution in [2.45, 2.75) is 6.42 Å². The number of amides is 1. The van der Waals surface area contributed by atoms with Crippen LogP contribution in [0.1, 0.15) is 16.1 Å². The van der Waals surface area contributed by atoms with Gasteiger partial charge in [-0.3, -0.25) is 9.79 Å².